The van der Waals surface area contributed by atoms with Crippen LogP contribution in [-0.2, 0) is 4.79 Å². The van der Waals surface area contributed by atoms with Gasteiger partial charge in [-0.05, 0) is 30.2 Å². The number of carboxylic acid groups (broad SMARTS) is 1. The van der Waals surface area contributed by atoms with Gasteiger partial charge in [0.15, 0.2) is 5.78 Å². The molecular weight excluding hydrogens is 294 g/mol. The average molecular weight is 313 g/mol. The first-order chi connectivity index (χ1) is 10.8. The number of Topliss-reactive ketones (excluding diaryl/α,β-unsaturated/α-hetero) is 1. The lowest BCUT2D eigenvalue weighted by Gasteiger charge is -2.03. The largest absolute Gasteiger partial charge is 0.478 e. The van der Waals surface area contributed by atoms with Crippen LogP contribution in [0.5, 0.6) is 0 Å². The molecule has 0 spiro atoms. The van der Waals surface area contributed by atoms with E-state index in [1.807, 2.05) is 12.1 Å². The van der Waals surface area contributed by atoms with E-state index < -0.39 is 5.97 Å². The zero-order chi connectivity index (χ0) is 17.4. The Hall–Kier alpha value is -2.95. The Labute approximate surface area is 135 Å². The fraction of sp³-hybridized carbons (Fsp3) is 0.167. The zero-order valence-electron chi connectivity index (χ0n) is 13.3. The van der Waals surface area contributed by atoms with E-state index >= 15 is 0 Å². The summed E-state index contributed by atoms with van der Waals surface area (Å²) in [6.07, 6.45) is 0.750. The molecule has 0 radical (unpaired) electrons. The van der Waals surface area contributed by atoms with Gasteiger partial charge in [0.2, 0.25) is 6.41 Å². The summed E-state index contributed by atoms with van der Waals surface area (Å²) < 4.78 is 0. The third kappa shape index (κ3) is 5.74. The number of hydrogen-bond acceptors (Lipinski definition) is 3. The average Bonchev–Trinajstić information content (AvgIpc) is 2.55. The maximum atomic E-state index is 11.1. The number of nitrogens with zero attached hydrogens (tertiary/aromatic N) is 1. The predicted molar refractivity (Wildman–Crippen MR) is 88.6 cm³/mol. The molecule has 0 unspecified atom stereocenters. The second-order valence-corrected chi connectivity index (χ2v) is 5.09. The van der Waals surface area contributed by atoms with Gasteiger partial charge in [0.05, 0.1) is 5.56 Å². The topological polar surface area (TPSA) is 74.7 Å². The van der Waals surface area contributed by atoms with Crippen LogP contribution in [0, 0.1) is 0 Å². The minimum absolute atomic E-state index is 0.0303. The van der Waals surface area contributed by atoms with Gasteiger partial charge in [-0.25, -0.2) is 4.79 Å². The molecular formula is C18H19NO4. The Bertz CT molecular complexity index is 618. The van der Waals surface area contributed by atoms with Crippen LogP contribution in [-0.4, -0.2) is 42.3 Å². The lowest BCUT2D eigenvalue weighted by molar-refractivity contribution is -0.115. The fourth-order valence-electron chi connectivity index (χ4n) is 1.70. The van der Waals surface area contributed by atoms with Crippen molar-refractivity contribution in [2.75, 3.05) is 14.1 Å². The molecule has 2 aromatic rings. The van der Waals surface area contributed by atoms with E-state index in [9.17, 15) is 14.4 Å². The Kier molecular flexibility index (Phi) is 6.68. The Morgan fingerprint density at radius 1 is 0.870 bits per heavy atom. The van der Waals surface area contributed by atoms with E-state index in [0.717, 1.165) is 17.5 Å². The van der Waals surface area contributed by atoms with E-state index in [1.54, 1.807) is 50.5 Å². The number of hydrogen-bond donors (Lipinski definition) is 1. The molecule has 5 heteroatoms. The number of rotatable bonds is 4. The Balaban J connectivity index is 0.000000463. The van der Waals surface area contributed by atoms with Gasteiger partial charge in [0.1, 0.15) is 0 Å². The van der Waals surface area contributed by atoms with E-state index in [-0.39, 0.29) is 11.3 Å². The SMILES string of the molecule is CC(=O)c1ccc(-c2ccc(C(=O)O)cc2)cc1.CN(C)C=O. The molecule has 1 amide bonds. The van der Waals surface area contributed by atoms with Crippen LogP contribution in [0.25, 0.3) is 11.1 Å². The molecule has 0 aliphatic heterocycles. The van der Waals surface area contributed by atoms with Crippen molar-refractivity contribution in [2.45, 2.75) is 6.92 Å². The normalized spacial score (nSPS) is 9.35. The molecule has 0 atom stereocenters. The van der Waals surface area contributed by atoms with Crippen molar-refractivity contribution in [2.24, 2.45) is 0 Å². The first-order valence-corrected chi connectivity index (χ1v) is 6.91. The maximum Gasteiger partial charge on any atom is 0.335 e. The van der Waals surface area contributed by atoms with Crippen molar-refractivity contribution in [3.8, 4) is 11.1 Å². The lowest BCUT2D eigenvalue weighted by Crippen LogP contribution is -2.06. The van der Waals surface area contributed by atoms with Gasteiger partial charge in [-0.15, -0.1) is 0 Å². The first kappa shape index (κ1) is 18.1. The highest BCUT2D eigenvalue weighted by Gasteiger charge is 2.04. The van der Waals surface area contributed by atoms with Crippen molar-refractivity contribution in [1.29, 1.82) is 0 Å². The molecule has 23 heavy (non-hydrogen) atoms. The molecule has 5 nitrogen and oxygen atoms in total. The third-order valence-electron chi connectivity index (χ3n) is 2.97. The summed E-state index contributed by atoms with van der Waals surface area (Å²) in [7, 11) is 3.38. The molecule has 2 aromatic carbocycles. The number of aromatic carboxylic acids is 1. The van der Waals surface area contributed by atoms with Crippen LogP contribution in [0.2, 0.25) is 0 Å². The van der Waals surface area contributed by atoms with E-state index in [2.05, 4.69) is 0 Å². The number of carbonyl (C=O) groups is 3. The van der Waals surface area contributed by atoms with Gasteiger partial charge in [0, 0.05) is 19.7 Å². The second kappa shape index (κ2) is 8.48. The standard InChI is InChI=1S/C15H12O3.C3H7NO/c1-10(16)11-2-4-12(5-3-11)13-6-8-14(9-7-13)15(17)18;1-4(2)3-5/h2-9H,1H3,(H,17,18);3H,1-2H3. The van der Waals surface area contributed by atoms with Crippen LogP contribution in [0.1, 0.15) is 27.6 Å². The number of carboxylic acids is 1. The molecule has 0 fully saturated rings. The van der Waals surface area contributed by atoms with Crippen molar-refractivity contribution in [3.63, 3.8) is 0 Å². The van der Waals surface area contributed by atoms with Gasteiger partial charge in [0.25, 0.3) is 0 Å². The summed E-state index contributed by atoms with van der Waals surface area (Å²) in [4.78, 5) is 32.8. The molecule has 1 N–H and O–H groups in total. The van der Waals surface area contributed by atoms with Crippen molar-refractivity contribution in [3.05, 3.63) is 59.7 Å². The molecule has 120 valence electrons. The summed E-state index contributed by atoms with van der Waals surface area (Å²) in [6, 6.07) is 13.9. The molecule has 0 saturated heterocycles. The third-order valence-corrected chi connectivity index (χ3v) is 2.97. The first-order valence-electron chi connectivity index (χ1n) is 6.91. The van der Waals surface area contributed by atoms with Crippen molar-refractivity contribution >= 4 is 18.2 Å². The highest BCUT2D eigenvalue weighted by Crippen LogP contribution is 2.20. The van der Waals surface area contributed by atoms with Crippen LogP contribution in [0.4, 0.5) is 0 Å². The van der Waals surface area contributed by atoms with Crippen LogP contribution in [0.3, 0.4) is 0 Å². The number of carbonyl (C=O) groups excluding carboxylic acids is 2. The van der Waals surface area contributed by atoms with Crippen LogP contribution >= 0.6 is 0 Å². The Morgan fingerprint density at radius 3 is 1.48 bits per heavy atom. The molecule has 0 bridgehead atoms. The quantitative estimate of drug-likeness (QED) is 0.695. The van der Waals surface area contributed by atoms with Crippen LogP contribution < -0.4 is 0 Å². The molecule has 2 rings (SSSR count). The predicted octanol–water partition coefficient (Wildman–Crippen LogP) is 2.96. The molecule has 0 heterocycles. The summed E-state index contributed by atoms with van der Waals surface area (Å²) in [5, 5.41) is 8.81. The summed E-state index contributed by atoms with van der Waals surface area (Å²) in [6.45, 7) is 1.52. The Morgan fingerprint density at radius 2 is 1.22 bits per heavy atom. The highest BCUT2D eigenvalue weighted by molar-refractivity contribution is 5.94. The molecule has 0 aliphatic carbocycles. The van der Waals surface area contributed by atoms with Gasteiger partial charge in [-0.2, -0.15) is 0 Å². The van der Waals surface area contributed by atoms with E-state index in [0.29, 0.717) is 5.56 Å². The van der Waals surface area contributed by atoms with Crippen LogP contribution in [0.15, 0.2) is 48.5 Å². The molecule has 0 aliphatic rings. The number of benzene rings is 2. The molecule has 0 aromatic heterocycles. The van der Waals surface area contributed by atoms with Gasteiger partial charge in [-0.1, -0.05) is 36.4 Å². The lowest BCUT2D eigenvalue weighted by atomic mass is 10.0. The highest BCUT2D eigenvalue weighted by atomic mass is 16.4. The van der Waals surface area contributed by atoms with E-state index in [1.165, 1.54) is 11.8 Å². The smallest absolute Gasteiger partial charge is 0.335 e. The fourth-order valence-corrected chi connectivity index (χ4v) is 1.70. The number of amides is 1. The van der Waals surface area contributed by atoms with Crippen molar-refractivity contribution < 1.29 is 19.5 Å². The van der Waals surface area contributed by atoms with Gasteiger partial charge < -0.3 is 10.0 Å². The van der Waals surface area contributed by atoms with Crippen molar-refractivity contribution in [1.82, 2.24) is 4.90 Å². The maximum absolute atomic E-state index is 11.1. The van der Waals surface area contributed by atoms with Gasteiger partial charge >= 0.3 is 5.97 Å². The monoisotopic (exact) mass is 313 g/mol. The van der Waals surface area contributed by atoms with E-state index in [4.69, 9.17) is 5.11 Å². The summed E-state index contributed by atoms with van der Waals surface area (Å²) >= 11 is 0. The zero-order valence-corrected chi connectivity index (χ0v) is 13.3. The summed E-state index contributed by atoms with van der Waals surface area (Å²) in [5.41, 5.74) is 2.81. The van der Waals surface area contributed by atoms with Gasteiger partial charge in [-0.3, -0.25) is 9.59 Å². The minimum atomic E-state index is -0.937. The summed E-state index contributed by atoms with van der Waals surface area (Å²) in [5.74, 6) is -0.906. The molecule has 0 saturated carbocycles. The second-order valence-electron chi connectivity index (χ2n) is 5.09. The minimum Gasteiger partial charge on any atom is -0.478 e. The number of ketones is 1.